The molecule has 1 saturated heterocycles. The van der Waals surface area contributed by atoms with Gasteiger partial charge in [0.1, 0.15) is 5.82 Å². The smallest absolute Gasteiger partial charge is 0.313 e. The maximum Gasteiger partial charge on any atom is 0.313 e. The number of ketones is 1. The van der Waals surface area contributed by atoms with Crippen LogP contribution in [0.2, 0.25) is 0 Å². The second kappa shape index (κ2) is 9.40. The Labute approximate surface area is 184 Å². The number of aromatic nitrogens is 1. The zero-order chi connectivity index (χ0) is 22.5. The lowest BCUT2D eigenvalue weighted by Crippen LogP contribution is -2.37. The van der Waals surface area contributed by atoms with Crippen LogP contribution in [0.5, 0.6) is 0 Å². The molecule has 162 valence electrons. The van der Waals surface area contributed by atoms with Crippen LogP contribution >= 0.6 is 0 Å². The Morgan fingerprint density at radius 2 is 1.75 bits per heavy atom. The highest BCUT2D eigenvalue weighted by atomic mass is 16.5. The van der Waals surface area contributed by atoms with Crippen LogP contribution < -0.4 is 16.0 Å². The number of nitrogens with two attached hydrogens (primary N) is 1. The predicted molar refractivity (Wildman–Crippen MR) is 122 cm³/mol. The molecule has 0 saturated carbocycles. The molecule has 0 radical (unpaired) electrons. The number of primary amides is 1. The third-order valence-corrected chi connectivity index (χ3v) is 5.11. The molecular weight excluding hydrogens is 408 g/mol. The highest BCUT2D eigenvalue weighted by Gasteiger charge is 2.16. The van der Waals surface area contributed by atoms with Gasteiger partial charge >= 0.3 is 11.8 Å². The van der Waals surface area contributed by atoms with Crippen molar-refractivity contribution in [2.45, 2.75) is 0 Å². The minimum Gasteiger partial charge on any atom is -0.378 e. The van der Waals surface area contributed by atoms with Crippen LogP contribution in [0.3, 0.4) is 0 Å². The molecule has 2 amide bonds. The maximum atomic E-state index is 12.7. The molecule has 8 nitrogen and oxygen atoms in total. The average molecular weight is 430 g/mol. The molecule has 2 heterocycles. The molecule has 3 N–H and O–H groups in total. The average Bonchev–Trinajstić information content (AvgIpc) is 2.83. The number of nitrogens with one attached hydrogen (secondary N) is 1. The molecular formula is C24H22N4O4. The van der Waals surface area contributed by atoms with E-state index in [-0.39, 0.29) is 5.78 Å². The van der Waals surface area contributed by atoms with Gasteiger partial charge < -0.3 is 20.7 Å². The van der Waals surface area contributed by atoms with Crippen LogP contribution in [0.1, 0.15) is 15.9 Å². The molecule has 3 aromatic rings. The zero-order valence-electron chi connectivity index (χ0n) is 17.3. The molecule has 1 fully saturated rings. The molecule has 32 heavy (non-hydrogen) atoms. The highest BCUT2D eigenvalue weighted by molar-refractivity contribution is 6.39. The van der Waals surface area contributed by atoms with E-state index in [1.54, 1.807) is 30.3 Å². The number of rotatable bonds is 5. The Morgan fingerprint density at radius 1 is 1.03 bits per heavy atom. The number of amides is 2. The fourth-order valence-electron chi connectivity index (χ4n) is 3.45. The van der Waals surface area contributed by atoms with Crippen molar-refractivity contribution in [3.63, 3.8) is 0 Å². The van der Waals surface area contributed by atoms with E-state index in [4.69, 9.17) is 15.5 Å². The van der Waals surface area contributed by atoms with Gasteiger partial charge in [-0.25, -0.2) is 4.98 Å². The number of allylic oxidation sites excluding steroid dienone is 1. The van der Waals surface area contributed by atoms with Gasteiger partial charge in [0, 0.05) is 35.3 Å². The number of anilines is 2. The summed E-state index contributed by atoms with van der Waals surface area (Å²) in [7, 11) is 0. The molecule has 0 atom stereocenters. The number of hydrogen-bond acceptors (Lipinski definition) is 6. The molecule has 0 spiro atoms. The number of para-hydroxylation sites is 1. The first-order chi connectivity index (χ1) is 15.5. The predicted octanol–water partition coefficient (Wildman–Crippen LogP) is 2.39. The Balaban J connectivity index is 1.57. The van der Waals surface area contributed by atoms with Gasteiger partial charge in [0.2, 0.25) is 0 Å². The summed E-state index contributed by atoms with van der Waals surface area (Å²) in [5, 5.41) is 3.35. The number of fused-ring (bicyclic) bond motifs is 1. The van der Waals surface area contributed by atoms with Gasteiger partial charge in [-0.1, -0.05) is 18.2 Å². The van der Waals surface area contributed by atoms with Crippen molar-refractivity contribution in [1.29, 1.82) is 0 Å². The molecule has 8 heteroatoms. The monoisotopic (exact) mass is 430 g/mol. The van der Waals surface area contributed by atoms with Crippen LogP contribution in [-0.4, -0.2) is 48.9 Å². The summed E-state index contributed by atoms with van der Waals surface area (Å²) in [6, 6.07) is 16.1. The number of hydrogen-bond donors (Lipinski definition) is 2. The first-order valence-electron chi connectivity index (χ1n) is 10.2. The van der Waals surface area contributed by atoms with E-state index in [0.29, 0.717) is 24.5 Å². The summed E-state index contributed by atoms with van der Waals surface area (Å²) >= 11 is 0. The van der Waals surface area contributed by atoms with Gasteiger partial charge in [0.05, 0.1) is 18.7 Å². The van der Waals surface area contributed by atoms with Gasteiger partial charge in [-0.2, -0.15) is 0 Å². The lowest BCUT2D eigenvalue weighted by Gasteiger charge is -2.29. The van der Waals surface area contributed by atoms with Crippen LogP contribution in [0.25, 0.3) is 17.0 Å². The van der Waals surface area contributed by atoms with Gasteiger partial charge in [-0.05, 0) is 48.6 Å². The van der Waals surface area contributed by atoms with Crippen molar-refractivity contribution in [3.05, 3.63) is 71.8 Å². The standard InChI is InChI=1S/C24H22N4O4/c25-22(30)24(31)26-19-8-5-16(6-9-19)21(29)10-7-18-15-17-3-1-2-4-20(17)27-23(18)28-11-13-32-14-12-28/h1-10,15H,11-14H2,(H2,25,30)(H,26,31)/b10-7+. The molecule has 1 aromatic heterocycles. The number of nitrogens with zero attached hydrogens (tertiary/aromatic N) is 2. The second-order valence-corrected chi connectivity index (χ2v) is 7.29. The molecule has 0 aliphatic carbocycles. The Morgan fingerprint density at radius 3 is 2.47 bits per heavy atom. The van der Waals surface area contributed by atoms with E-state index in [1.165, 1.54) is 6.08 Å². The minimum absolute atomic E-state index is 0.195. The van der Waals surface area contributed by atoms with Crippen LogP contribution in [-0.2, 0) is 14.3 Å². The van der Waals surface area contributed by atoms with Gasteiger partial charge in [0.25, 0.3) is 0 Å². The Kier molecular flexibility index (Phi) is 6.23. The molecule has 0 unspecified atom stereocenters. The number of morpholine rings is 1. The second-order valence-electron chi connectivity index (χ2n) is 7.29. The number of pyridine rings is 1. The lowest BCUT2D eigenvalue weighted by molar-refractivity contribution is -0.134. The van der Waals surface area contributed by atoms with Gasteiger partial charge in [-0.15, -0.1) is 0 Å². The minimum atomic E-state index is -1.08. The van der Waals surface area contributed by atoms with E-state index in [2.05, 4.69) is 10.2 Å². The van der Waals surface area contributed by atoms with Crippen molar-refractivity contribution in [2.24, 2.45) is 5.73 Å². The molecule has 4 rings (SSSR count). The summed E-state index contributed by atoms with van der Waals surface area (Å²) < 4.78 is 5.46. The summed E-state index contributed by atoms with van der Waals surface area (Å²) in [5.74, 6) is -1.36. The number of carbonyl (C=O) groups excluding carboxylic acids is 3. The van der Waals surface area contributed by atoms with Crippen LogP contribution in [0, 0.1) is 0 Å². The fourth-order valence-corrected chi connectivity index (χ4v) is 3.45. The third-order valence-electron chi connectivity index (χ3n) is 5.11. The van der Waals surface area contributed by atoms with Crippen molar-refractivity contribution in [2.75, 3.05) is 36.5 Å². The van der Waals surface area contributed by atoms with Crippen LogP contribution in [0.15, 0.2) is 60.7 Å². The summed E-state index contributed by atoms with van der Waals surface area (Å²) in [4.78, 5) is 41.9. The molecule has 0 bridgehead atoms. The molecule has 1 aliphatic heterocycles. The largest absolute Gasteiger partial charge is 0.378 e. The highest BCUT2D eigenvalue weighted by Crippen LogP contribution is 2.26. The first-order valence-corrected chi connectivity index (χ1v) is 10.2. The third kappa shape index (κ3) is 4.81. The van der Waals surface area contributed by atoms with Crippen molar-refractivity contribution in [3.8, 4) is 0 Å². The zero-order valence-corrected chi connectivity index (χ0v) is 17.3. The number of carbonyl (C=O) groups is 3. The number of benzene rings is 2. The normalized spacial score (nSPS) is 13.9. The summed E-state index contributed by atoms with van der Waals surface area (Å²) in [6.45, 7) is 2.74. The lowest BCUT2D eigenvalue weighted by atomic mass is 10.1. The van der Waals surface area contributed by atoms with Crippen molar-refractivity contribution in [1.82, 2.24) is 4.98 Å². The van der Waals surface area contributed by atoms with Crippen molar-refractivity contribution < 1.29 is 19.1 Å². The first kappa shape index (κ1) is 21.2. The van der Waals surface area contributed by atoms with Gasteiger partial charge in [0.15, 0.2) is 5.78 Å². The summed E-state index contributed by atoms with van der Waals surface area (Å²) in [5.41, 5.74) is 7.50. The van der Waals surface area contributed by atoms with E-state index in [0.717, 1.165) is 35.4 Å². The molecule has 1 aliphatic rings. The quantitative estimate of drug-likeness (QED) is 0.365. The van der Waals surface area contributed by atoms with Crippen LogP contribution in [0.4, 0.5) is 11.5 Å². The summed E-state index contributed by atoms with van der Waals surface area (Å²) in [6.07, 6.45) is 3.28. The van der Waals surface area contributed by atoms with Gasteiger partial charge in [-0.3, -0.25) is 14.4 Å². The van der Waals surface area contributed by atoms with E-state index in [1.807, 2.05) is 30.3 Å². The topological polar surface area (TPSA) is 115 Å². The maximum absolute atomic E-state index is 12.7. The number of ether oxygens (including phenoxy) is 1. The Hall–Kier alpha value is -4.04. The molecule has 2 aromatic carbocycles. The van der Waals surface area contributed by atoms with E-state index in [9.17, 15) is 14.4 Å². The van der Waals surface area contributed by atoms with E-state index < -0.39 is 11.8 Å². The van der Waals surface area contributed by atoms with Crippen molar-refractivity contribution >= 4 is 46.1 Å². The SMILES string of the molecule is NC(=O)C(=O)Nc1ccc(C(=O)/C=C/c2cc3ccccc3nc2N2CCOCC2)cc1. The Bertz CT molecular complexity index is 1200. The van der Waals surface area contributed by atoms with E-state index >= 15 is 0 Å². The fraction of sp³-hybridized carbons (Fsp3) is 0.167.